The summed E-state index contributed by atoms with van der Waals surface area (Å²) in [6.07, 6.45) is 0. The Morgan fingerprint density at radius 1 is 0.737 bits per heavy atom. The van der Waals surface area contributed by atoms with Gasteiger partial charge in [0.05, 0.1) is 20.1 Å². The molecule has 1 aliphatic rings. The summed E-state index contributed by atoms with van der Waals surface area (Å²) >= 11 is 27.0. The summed E-state index contributed by atoms with van der Waals surface area (Å²) in [4.78, 5) is 3.61. The van der Waals surface area contributed by atoms with E-state index in [-0.39, 0.29) is 15.8 Å². The third-order valence-electron chi connectivity index (χ3n) is 2.53. The van der Waals surface area contributed by atoms with Crippen molar-refractivity contribution in [1.29, 1.82) is 0 Å². The Bertz CT molecular complexity index is 703. The molecule has 0 radical (unpaired) electrons. The zero-order valence-electron chi connectivity index (χ0n) is 9.01. The summed E-state index contributed by atoms with van der Waals surface area (Å²) in [5.74, 6) is -0.0984. The van der Waals surface area contributed by atoms with Gasteiger partial charge in [0.1, 0.15) is 0 Å². The van der Waals surface area contributed by atoms with Gasteiger partial charge in [-0.05, 0) is 18.2 Å². The van der Waals surface area contributed by atoms with Crippen LogP contribution < -0.4 is 0 Å². The molecule has 0 bridgehead atoms. The molecule has 1 aliphatic heterocycles. The van der Waals surface area contributed by atoms with Crippen LogP contribution in [0.1, 0.15) is 0 Å². The predicted molar refractivity (Wildman–Crippen MR) is 82.8 cm³/mol. The van der Waals surface area contributed by atoms with Crippen LogP contribution in [0.25, 0.3) is 0 Å². The Balaban J connectivity index is 2.17. The van der Waals surface area contributed by atoms with Crippen molar-refractivity contribution in [3.8, 4) is 5.75 Å². The highest BCUT2D eigenvalue weighted by atomic mass is 35.5. The lowest BCUT2D eigenvalue weighted by atomic mass is 10.3. The van der Waals surface area contributed by atoms with Gasteiger partial charge in [-0.2, -0.15) is 0 Å². The first-order valence-electron chi connectivity index (χ1n) is 5.03. The maximum Gasteiger partial charge on any atom is 0.154 e. The van der Waals surface area contributed by atoms with Crippen molar-refractivity contribution in [3.05, 3.63) is 38.3 Å². The van der Waals surface area contributed by atoms with Crippen molar-refractivity contribution in [3.63, 3.8) is 0 Å². The normalized spacial score (nSPS) is 13.1. The fraction of sp³-hybridized carbons (Fsp3) is 0. The van der Waals surface area contributed by atoms with Crippen molar-refractivity contribution >= 4 is 69.9 Å². The van der Waals surface area contributed by atoms with E-state index >= 15 is 0 Å². The topological polar surface area (TPSA) is 20.2 Å². The van der Waals surface area contributed by atoms with Crippen molar-refractivity contribution < 1.29 is 5.11 Å². The van der Waals surface area contributed by atoms with E-state index in [9.17, 15) is 5.11 Å². The van der Waals surface area contributed by atoms with E-state index in [0.717, 1.165) is 19.6 Å². The zero-order valence-corrected chi connectivity index (χ0v) is 13.7. The molecule has 2 aromatic rings. The minimum atomic E-state index is -0.0984. The molecule has 0 amide bonds. The van der Waals surface area contributed by atoms with Gasteiger partial charge in [0.25, 0.3) is 0 Å². The minimum absolute atomic E-state index is 0.0984. The van der Waals surface area contributed by atoms with Crippen LogP contribution in [0.3, 0.4) is 0 Å². The lowest BCUT2D eigenvalue weighted by Gasteiger charge is -2.20. The maximum absolute atomic E-state index is 9.78. The molecular weight excluding hydrogens is 366 g/mol. The standard InChI is InChI=1S/C12H4Cl4OS2/c13-4-1-7-8(2-5(4)14)19-12-9(18-7)3-6(15)11(17)10(12)16/h1-3,17H. The maximum atomic E-state index is 9.78. The van der Waals surface area contributed by atoms with Crippen LogP contribution in [-0.4, -0.2) is 5.11 Å². The van der Waals surface area contributed by atoms with Gasteiger partial charge in [-0.25, -0.2) is 0 Å². The van der Waals surface area contributed by atoms with Gasteiger partial charge in [-0.15, -0.1) is 0 Å². The van der Waals surface area contributed by atoms with Crippen molar-refractivity contribution in [1.82, 2.24) is 0 Å². The summed E-state index contributed by atoms with van der Waals surface area (Å²) in [5.41, 5.74) is 0. The summed E-state index contributed by atoms with van der Waals surface area (Å²) in [7, 11) is 0. The zero-order chi connectivity index (χ0) is 13.7. The Morgan fingerprint density at radius 2 is 1.26 bits per heavy atom. The number of halogens is 4. The van der Waals surface area contributed by atoms with Gasteiger partial charge >= 0.3 is 0 Å². The van der Waals surface area contributed by atoms with Crippen LogP contribution in [0, 0.1) is 0 Å². The van der Waals surface area contributed by atoms with Gasteiger partial charge in [0, 0.05) is 19.6 Å². The molecule has 3 rings (SSSR count). The van der Waals surface area contributed by atoms with Crippen LogP contribution in [0.4, 0.5) is 0 Å². The highest BCUT2D eigenvalue weighted by Crippen LogP contribution is 2.55. The number of benzene rings is 2. The molecule has 98 valence electrons. The molecule has 19 heavy (non-hydrogen) atoms. The lowest BCUT2D eigenvalue weighted by molar-refractivity contribution is 0.473. The smallest absolute Gasteiger partial charge is 0.154 e. The monoisotopic (exact) mass is 368 g/mol. The van der Waals surface area contributed by atoms with Crippen molar-refractivity contribution in [2.45, 2.75) is 19.6 Å². The first kappa shape index (κ1) is 14.1. The Kier molecular flexibility index (Phi) is 3.80. The van der Waals surface area contributed by atoms with E-state index in [1.807, 2.05) is 6.07 Å². The molecule has 0 aromatic heterocycles. The second-order valence-corrected chi connectivity index (χ2v) is 7.50. The van der Waals surface area contributed by atoms with E-state index in [1.54, 1.807) is 12.1 Å². The van der Waals surface area contributed by atoms with Crippen LogP contribution >= 0.6 is 69.9 Å². The Labute approximate surface area is 138 Å². The predicted octanol–water partition coefficient (Wildman–Crippen LogP) is 6.62. The quantitative estimate of drug-likeness (QED) is 0.480. The van der Waals surface area contributed by atoms with Crippen molar-refractivity contribution in [2.75, 3.05) is 0 Å². The summed E-state index contributed by atoms with van der Waals surface area (Å²) in [6.45, 7) is 0. The second-order valence-electron chi connectivity index (χ2n) is 3.77. The highest BCUT2D eigenvalue weighted by molar-refractivity contribution is 8.05. The van der Waals surface area contributed by atoms with Gasteiger partial charge in [0.15, 0.2) is 5.75 Å². The van der Waals surface area contributed by atoms with Gasteiger partial charge in [0.2, 0.25) is 0 Å². The second kappa shape index (κ2) is 5.14. The van der Waals surface area contributed by atoms with Crippen LogP contribution in [0.15, 0.2) is 37.8 Å². The molecule has 1 heterocycles. The summed E-state index contributed by atoms with van der Waals surface area (Å²) in [5, 5.41) is 11.3. The fourth-order valence-electron chi connectivity index (χ4n) is 1.64. The number of hydrogen-bond donors (Lipinski definition) is 1. The molecule has 1 nitrogen and oxygen atoms in total. The number of fused-ring (bicyclic) bond motifs is 2. The van der Waals surface area contributed by atoms with E-state index in [1.165, 1.54) is 23.5 Å². The minimum Gasteiger partial charge on any atom is -0.505 e. The van der Waals surface area contributed by atoms with Crippen molar-refractivity contribution in [2.24, 2.45) is 0 Å². The molecule has 0 aliphatic carbocycles. The summed E-state index contributed by atoms with van der Waals surface area (Å²) < 4.78 is 0. The molecule has 0 atom stereocenters. The Hall–Kier alpha value is 0.1000. The average Bonchev–Trinajstić information content (AvgIpc) is 2.37. The molecule has 0 spiro atoms. The van der Waals surface area contributed by atoms with E-state index < -0.39 is 0 Å². The SMILES string of the molecule is Oc1c(Cl)cc2c(c1Cl)Sc1cc(Cl)c(Cl)cc1S2. The van der Waals surface area contributed by atoms with Crippen LogP contribution in [0.2, 0.25) is 20.1 Å². The molecule has 0 fully saturated rings. The van der Waals surface area contributed by atoms with Crippen LogP contribution in [0.5, 0.6) is 5.75 Å². The summed E-state index contributed by atoms with van der Waals surface area (Å²) in [6, 6.07) is 5.30. The first-order valence-corrected chi connectivity index (χ1v) is 8.17. The highest BCUT2D eigenvalue weighted by Gasteiger charge is 2.24. The third-order valence-corrected chi connectivity index (χ3v) is 6.57. The number of phenols is 1. The molecule has 7 heteroatoms. The van der Waals surface area contributed by atoms with E-state index in [4.69, 9.17) is 46.4 Å². The average molecular weight is 370 g/mol. The molecular formula is C12H4Cl4OS2. The third kappa shape index (κ3) is 2.41. The Morgan fingerprint density at radius 3 is 1.89 bits per heavy atom. The molecule has 1 N–H and O–H groups in total. The first-order chi connectivity index (χ1) is 8.97. The van der Waals surface area contributed by atoms with Crippen LogP contribution in [-0.2, 0) is 0 Å². The van der Waals surface area contributed by atoms with E-state index in [0.29, 0.717) is 10.0 Å². The molecule has 2 aromatic carbocycles. The van der Waals surface area contributed by atoms with E-state index in [2.05, 4.69) is 0 Å². The molecule has 0 unspecified atom stereocenters. The van der Waals surface area contributed by atoms with Gasteiger partial charge in [-0.3, -0.25) is 0 Å². The number of rotatable bonds is 0. The lowest BCUT2D eigenvalue weighted by Crippen LogP contribution is -1.92. The largest absolute Gasteiger partial charge is 0.505 e. The fourth-order valence-corrected chi connectivity index (χ4v) is 5.13. The van der Waals surface area contributed by atoms with Gasteiger partial charge in [-0.1, -0.05) is 69.9 Å². The number of aromatic hydroxyl groups is 1. The van der Waals surface area contributed by atoms with Gasteiger partial charge < -0.3 is 5.11 Å². The number of phenolic OH excluding ortho intramolecular Hbond substituents is 1. The molecule has 0 saturated heterocycles. The number of hydrogen-bond acceptors (Lipinski definition) is 3. The molecule has 0 saturated carbocycles.